The Bertz CT molecular complexity index is 973. The van der Waals surface area contributed by atoms with E-state index in [0.717, 1.165) is 16.7 Å². The number of ether oxygens (including phenoxy) is 2. The maximum atomic E-state index is 5.71. The molecular formula is C22H17N3O2. The van der Waals surface area contributed by atoms with Gasteiger partial charge in [0.2, 0.25) is 5.88 Å². The van der Waals surface area contributed by atoms with E-state index in [0.29, 0.717) is 24.2 Å². The van der Waals surface area contributed by atoms with Crippen LogP contribution in [0.15, 0.2) is 91.4 Å². The maximum Gasteiger partial charge on any atom is 0.321 e. The molecule has 2 aromatic carbocycles. The molecule has 0 amide bonds. The zero-order chi connectivity index (χ0) is 18.3. The topological polar surface area (TPSA) is 57.1 Å². The standard InChI is InChI=1S/C22H17N3O2/c1-3-7-17(8-4-1)16-26-21-12-11-18(13-23-21)19-14-24-22(25-15-19)27-20-9-5-2-6-10-20/h1-15H,16H2. The highest BCUT2D eigenvalue weighted by molar-refractivity contribution is 5.60. The van der Waals surface area contributed by atoms with Gasteiger partial charge in [-0.3, -0.25) is 0 Å². The van der Waals surface area contributed by atoms with Crippen molar-refractivity contribution >= 4 is 0 Å². The van der Waals surface area contributed by atoms with Crippen LogP contribution in [0.4, 0.5) is 0 Å². The van der Waals surface area contributed by atoms with Crippen LogP contribution < -0.4 is 9.47 Å². The summed E-state index contributed by atoms with van der Waals surface area (Å²) in [5, 5.41) is 0. The average molecular weight is 355 g/mol. The Balaban J connectivity index is 1.39. The number of hydrogen-bond acceptors (Lipinski definition) is 5. The van der Waals surface area contributed by atoms with E-state index in [-0.39, 0.29) is 0 Å². The Labute approximate surface area is 157 Å². The summed E-state index contributed by atoms with van der Waals surface area (Å²) in [6, 6.07) is 23.5. The van der Waals surface area contributed by atoms with Crippen molar-refractivity contribution < 1.29 is 9.47 Å². The number of pyridine rings is 1. The molecule has 0 saturated heterocycles. The first-order valence-electron chi connectivity index (χ1n) is 8.55. The smallest absolute Gasteiger partial charge is 0.321 e. The van der Waals surface area contributed by atoms with Crippen molar-refractivity contribution in [3.05, 3.63) is 97.0 Å². The van der Waals surface area contributed by atoms with Gasteiger partial charge in [-0.15, -0.1) is 0 Å². The van der Waals surface area contributed by atoms with Gasteiger partial charge in [0.25, 0.3) is 0 Å². The third kappa shape index (κ3) is 4.46. The largest absolute Gasteiger partial charge is 0.473 e. The first-order valence-corrected chi connectivity index (χ1v) is 8.55. The second-order valence-corrected chi connectivity index (χ2v) is 5.83. The van der Waals surface area contributed by atoms with Crippen LogP contribution in [0.25, 0.3) is 11.1 Å². The van der Waals surface area contributed by atoms with Crippen LogP contribution in [0.1, 0.15) is 5.56 Å². The number of benzene rings is 2. The molecule has 0 aliphatic carbocycles. The van der Waals surface area contributed by atoms with Gasteiger partial charge in [-0.1, -0.05) is 48.5 Å². The Morgan fingerprint density at radius 2 is 1.30 bits per heavy atom. The molecular weight excluding hydrogens is 338 g/mol. The van der Waals surface area contributed by atoms with E-state index >= 15 is 0 Å². The number of rotatable bonds is 6. The summed E-state index contributed by atoms with van der Waals surface area (Å²) in [6.07, 6.45) is 5.18. The third-order valence-electron chi connectivity index (χ3n) is 3.88. The van der Waals surface area contributed by atoms with E-state index in [4.69, 9.17) is 9.47 Å². The minimum Gasteiger partial charge on any atom is -0.473 e. The van der Waals surface area contributed by atoms with Crippen LogP contribution in [0.5, 0.6) is 17.6 Å². The highest BCUT2D eigenvalue weighted by Gasteiger charge is 2.04. The molecule has 0 N–H and O–H groups in total. The second kappa shape index (κ2) is 8.10. The monoisotopic (exact) mass is 355 g/mol. The van der Waals surface area contributed by atoms with Gasteiger partial charge in [0.1, 0.15) is 12.4 Å². The quantitative estimate of drug-likeness (QED) is 0.492. The fourth-order valence-electron chi connectivity index (χ4n) is 2.48. The Hall–Kier alpha value is -3.73. The summed E-state index contributed by atoms with van der Waals surface area (Å²) < 4.78 is 11.3. The molecule has 0 saturated carbocycles. The van der Waals surface area contributed by atoms with E-state index in [1.54, 1.807) is 18.6 Å². The van der Waals surface area contributed by atoms with Gasteiger partial charge in [0, 0.05) is 35.8 Å². The zero-order valence-corrected chi connectivity index (χ0v) is 14.5. The molecule has 4 aromatic rings. The van der Waals surface area contributed by atoms with Gasteiger partial charge in [-0.25, -0.2) is 15.0 Å². The lowest BCUT2D eigenvalue weighted by Gasteiger charge is -2.07. The molecule has 2 heterocycles. The summed E-state index contributed by atoms with van der Waals surface area (Å²) in [5.41, 5.74) is 2.87. The molecule has 0 aliphatic rings. The lowest BCUT2D eigenvalue weighted by Crippen LogP contribution is -1.97. The highest BCUT2D eigenvalue weighted by atomic mass is 16.5. The van der Waals surface area contributed by atoms with Crippen LogP contribution in [-0.4, -0.2) is 15.0 Å². The summed E-state index contributed by atoms with van der Waals surface area (Å²) >= 11 is 0. The van der Waals surface area contributed by atoms with E-state index < -0.39 is 0 Å². The fraction of sp³-hybridized carbons (Fsp3) is 0.0455. The fourth-order valence-corrected chi connectivity index (χ4v) is 2.48. The van der Waals surface area contributed by atoms with Crippen LogP contribution in [-0.2, 0) is 6.61 Å². The molecule has 0 atom stereocenters. The van der Waals surface area contributed by atoms with Crippen molar-refractivity contribution in [2.24, 2.45) is 0 Å². The number of nitrogens with zero attached hydrogens (tertiary/aromatic N) is 3. The van der Waals surface area contributed by atoms with Crippen LogP contribution >= 0.6 is 0 Å². The van der Waals surface area contributed by atoms with Gasteiger partial charge < -0.3 is 9.47 Å². The molecule has 0 unspecified atom stereocenters. The lowest BCUT2D eigenvalue weighted by molar-refractivity contribution is 0.294. The summed E-state index contributed by atoms with van der Waals surface area (Å²) in [6.45, 7) is 0.488. The normalized spacial score (nSPS) is 10.4. The number of para-hydroxylation sites is 1. The van der Waals surface area contributed by atoms with Crippen molar-refractivity contribution in [3.8, 4) is 28.8 Å². The molecule has 0 radical (unpaired) electrons. The third-order valence-corrected chi connectivity index (χ3v) is 3.88. The number of aromatic nitrogens is 3. The predicted octanol–water partition coefficient (Wildman–Crippen LogP) is 4.91. The van der Waals surface area contributed by atoms with Crippen molar-refractivity contribution in [1.82, 2.24) is 15.0 Å². The predicted molar refractivity (Wildman–Crippen MR) is 103 cm³/mol. The minimum absolute atomic E-state index is 0.306. The lowest BCUT2D eigenvalue weighted by atomic mass is 10.1. The van der Waals surface area contributed by atoms with Crippen LogP contribution in [0.3, 0.4) is 0 Å². The van der Waals surface area contributed by atoms with Crippen molar-refractivity contribution in [1.29, 1.82) is 0 Å². The highest BCUT2D eigenvalue weighted by Crippen LogP contribution is 2.22. The van der Waals surface area contributed by atoms with Crippen molar-refractivity contribution in [2.45, 2.75) is 6.61 Å². The molecule has 0 bridgehead atoms. The molecule has 0 fully saturated rings. The van der Waals surface area contributed by atoms with Crippen LogP contribution in [0.2, 0.25) is 0 Å². The second-order valence-electron chi connectivity index (χ2n) is 5.83. The molecule has 4 rings (SSSR count). The van der Waals surface area contributed by atoms with E-state index in [1.807, 2.05) is 72.8 Å². The van der Waals surface area contributed by atoms with Crippen molar-refractivity contribution in [3.63, 3.8) is 0 Å². The van der Waals surface area contributed by atoms with Gasteiger partial charge in [0.05, 0.1) is 0 Å². The molecule has 27 heavy (non-hydrogen) atoms. The summed E-state index contributed by atoms with van der Waals surface area (Å²) in [4.78, 5) is 12.9. The molecule has 5 heteroatoms. The molecule has 0 aliphatic heterocycles. The zero-order valence-electron chi connectivity index (χ0n) is 14.5. The SMILES string of the molecule is c1ccc(COc2ccc(-c3cnc(Oc4ccccc4)nc3)cn2)cc1. The Morgan fingerprint density at radius 3 is 1.96 bits per heavy atom. The molecule has 0 spiro atoms. The first kappa shape index (κ1) is 16.7. The van der Waals surface area contributed by atoms with Crippen LogP contribution in [0, 0.1) is 0 Å². The van der Waals surface area contributed by atoms with Gasteiger partial charge in [0.15, 0.2) is 0 Å². The summed E-state index contributed by atoms with van der Waals surface area (Å²) in [5.74, 6) is 1.28. The van der Waals surface area contributed by atoms with Gasteiger partial charge in [-0.05, 0) is 23.8 Å². The molecule has 2 aromatic heterocycles. The van der Waals surface area contributed by atoms with Crippen molar-refractivity contribution in [2.75, 3.05) is 0 Å². The minimum atomic E-state index is 0.306. The van der Waals surface area contributed by atoms with E-state index in [1.165, 1.54) is 0 Å². The summed E-state index contributed by atoms with van der Waals surface area (Å²) in [7, 11) is 0. The molecule has 132 valence electrons. The molecule has 5 nitrogen and oxygen atoms in total. The average Bonchev–Trinajstić information content (AvgIpc) is 2.75. The van der Waals surface area contributed by atoms with Gasteiger partial charge in [-0.2, -0.15) is 0 Å². The Kier molecular flexibility index (Phi) is 5.02. The van der Waals surface area contributed by atoms with E-state index in [2.05, 4.69) is 15.0 Å². The first-order chi connectivity index (χ1) is 13.4. The Morgan fingerprint density at radius 1 is 0.630 bits per heavy atom. The van der Waals surface area contributed by atoms with E-state index in [9.17, 15) is 0 Å². The van der Waals surface area contributed by atoms with Gasteiger partial charge >= 0.3 is 6.01 Å². The number of hydrogen-bond donors (Lipinski definition) is 0. The maximum absolute atomic E-state index is 5.71.